The van der Waals surface area contributed by atoms with E-state index >= 15 is 0 Å². The fourth-order valence-electron chi connectivity index (χ4n) is 4.77. The lowest BCUT2D eigenvalue weighted by Crippen LogP contribution is -2.30. The van der Waals surface area contributed by atoms with Crippen molar-refractivity contribution in [2.24, 2.45) is 0 Å². The molecule has 0 aliphatic carbocycles. The maximum Gasteiger partial charge on any atom is 0.335 e. The van der Waals surface area contributed by atoms with E-state index in [9.17, 15) is 24.3 Å². The Bertz CT molecular complexity index is 1960. The molecule has 0 aliphatic heterocycles. The van der Waals surface area contributed by atoms with Crippen molar-refractivity contribution < 1.29 is 29.0 Å². The van der Waals surface area contributed by atoms with Crippen LogP contribution in [0.15, 0.2) is 144 Å². The molecule has 0 heterocycles. The van der Waals surface area contributed by atoms with Crippen molar-refractivity contribution in [2.75, 3.05) is 17.2 Å². The lowest BCUT2D eigenvalue weighted by Gasteiger charge is -2.18. The first-order valence-electron chi connectivity index (χ1n) is 15.4. The number of ether oxygens (including phenoxy) is 1. The van der Waals surface area contributed by atoms with Gasteiger partial charge in [-0.05, 0) is 79.2 Å². The van der Waals surface area contributed by atoms with E-state index in [-0.39, 0.29) is 17.2 Å². The summed E-state index contributed by atoms with van der Waals surface area (Å²) >= 11 is 1.29. The third-order valence-corrected chi connectivity index (χ3v) is 8.38. The van der Waals surface area contributed by atoms with Crippen LogP contribution >= 0.6 is 11.8 Å². The van der Waals surface area contributed by atoms with Crippen LogP contribution in [0.4, 0.5) is 11.4 Å². The van der Waals surface area contributed by atoms with Crippen LogP contribution in [0, 0.1) is 0 Å². The van der Waals surface area contributed by atoms with Gasteiger partial charge in [0, 0.05) is 27.4 Å². The van der Waals surface area contributed by atoms with Gasteiger partial charge in [-0.1, -0.05) is 72.8 Å². The number of thioether (sulfide) groups is 1. The summed E-state index contributed by atoms with van der Waals surface area (Å²) < 4.78 is 5.74. The molecule has 1 atom stereocenters. The second-order valence-electron chi connectivity index (χ2n) is 10.6. The van der Waals surface area contributed by atoms with Gasteiger partial charge in [0.15, 0.2) is 0 Å². The molecular formula is C39H33N3O6S. The maximum absolute atomic E-state index is 13.7. The van der Waals surface area contributed by atoms with E-state index in [2.05, 4.69) is 16.0 Å². The molecule has 10 heteroatoms. The average molecular weight is 672 g/mol. The van der Waals surface area contributed by atoms with Gasteiger partial charge in [0.05, 0.1) is 12.2 Å². The number of hydrogen-bond acceptors (Lipinski definition) is 6. The lowest BCUT2D eigenvalue weighted by molar-refractivity contribution is -0.116. The number of carboxylic acid groups (broad SMARTS) is 1. The molecule has 0 saturated heterocycles. The number of carbonyl (C=O) groups is 4. The number of para-hydroxylation sites is 1. The molecule has 0 radical (unpaired) electrons. The highest BCUT2D eigenvalue weighted by Crippen LogP contribution is 2.37. The van der Waals surface area contributed by atoms with Crippen molar-refractivity contribution in [1.29, 1.82) is 0 Å². The highest BCUT2D eigenvalue weighted by Gasteiger charge is 2.23. The molecular weight excluding hydrogens is 639 g/mol. The highest BCUT2D eigenvalue weighted by atomic mass is 32.2. The molecule has 0 aromatic heterocycles. The van der Waals surface area contributed by atoms with Gasteiger partial charge in [-0.15, -0.1) is 11.8 Å². The Morgan fingerprint density at radius 1 is 0.735 bits per heavy atom. The number of amides is 3. The molecule has 1 unspecified atom stereocenters. The SMILES string of the molecule is CCOc1ccccc1/C=C(/NC(=O)c1ccccc1)C(=O)Nc1cccc(SC(C(=O)Nc2ccc(C(=O)O)cc2)c2ccccc2)c1. The van der Waals surface area contributed by atoms with E-state index in [1.165, 1.54) is 23.9 Å². The molecule has 49 heavy (non-hydrogen) atoms. The van der Waals surface area contributed by atoms with Crippen LogP contribution in [0.1, 0.15) is 44.0 Å². The predicted octanol–water partition coefficient (Wildman–Crippen LogP) is 7.67. The Kier molecular flexibility index (Phi) is 11.6. The van der Waals surface area contributed by atoms with Gasteiger partial charge in [0.25, 0.3) is 11.8 Å². The second-order valence-corrected chi connectivity index (χ2v) is 11.8. The number of aromatic carboxylic acids is 1. The molecule has 0 saturated carbocycles. The van der Waals surface area contributed by atoms with E-state index in [0.717, 1.165) is 5.56 Å². The van der Waals surface area contributed by atoms with Crippen LogP contribution in [0.5, 0.6) is 5.75 Å². The molecule has 246 valence electrons. The maximum atomic E-state index is 13.7. The predicted molar refractivity (Wildman–Crippen MR) is 192 cm³/mol. The fourth-order valence-corrected chi connectivity index (χ4v) is 5.85. The topological polar surface area (TPSA) is 134 Å². The summed E-state index contributed by atoms with van der Waals surface area (Å²) in [7, 11) is 0. The van der Waals surface area contributed by atoms with E-state index in [1.807, 2.05) is 55.5 Å². The molecule has 3 amide bonds. The molecule has 0 bridgehead atoms. The zero-order chi connectivity index (χ0) is 34.6. The highest BCUT2D eigenvalue weighted by molar-refractivity contribution is 8.00. The molecule has 5 rings (SSSR count). The quantitative estimate of drug-likeness (QED) is 0.0746. The van der Waals surface area contributed by atoms with E-state index in [0.29, 0.717) is 39.8 Å². The van der Waals surface area contributed by atoms with Crippen LogP contribution in [0.3, 0.4) is 0 Å². The minimum atomic E-state index is -1.06. The van der Waals surface area contributed by atoms with Crippen LogP contribution < -0.4 is 20.7 Å². The summed E-state index contributed by atoms with van der Waals surface area (Å²) in [6, 6.07) is 38.0. The second kappa shape index (κ2) is 16.6. The van der Waals surface area contributed by atoms with E-state index < -0.39 is 23.0 Å². The minimum absolute atomic E-state index is 0.00881. The Hall–Kier alpha value is -6.13. The number of carbonyl (C=O) groups excluding carboxylic acids is 3. The Balaban J connectivity index is 1.39. The van der Waals surface area contributed by atoms with Gasteiger partial charge < -0.3 is 25.8 Å². The zero-order valence-electron chi connectivity index (χ0n) is 26.5. The first-order valence-corrected chi connectivity index (χ1v) is 16.3. The van der Waals surface area contributed by atoms with Gasteiger partial charge in [0.1, 0.15) is 16.7 Å². The molecule has 9 nitrogen and oxygen atoms in total. The summed E-state index contributed by atoms with van der Waals surface area (Å²) in [5, 5.41) is 17.0. The van der Waals surface area contributed by atoms with E-state index in [4.69, 9.17) is 4.74 Å². The van der Waals surface area contributed by atoms with Crippen molar-refractivity contribution in [3.63, 3.8) is 0 Å². The third kappa shape index (κ3) is 9.46. The molecule has 0 spiro atoms. The van der Waals surface area contributed by atoms with Gasteiger partial charge in [0.2, 0.25) is 5.91 Å². The number of benzene rings is 5. The number of anilines is 2. The molecule has 5 aromatic rings. The van der Waals surface area contributed by atoms with Crippen LogP contribution in [0.25, 0.3) is 6.08 Å². The third-order valence-electron chi connectivity index (χ3n) is 7.13. The summed E-state index contributed by atoms with van der Waals surface area (Å²) in [5.41, 5.74) is 2.78. The molecule has 0 aliphatic rings. The van der Waals surface area contributed by atoms with Gasteiger partial charge in [-0.2, -0.15) is 0 Å². The van der Waals surface area contributed by atoms with Crippen molar-refractivity contribution in [3.05, 3.63) is 161 Å². The summed E-state index contributed by atoms with van der Waals surface area (Å²) in [4.78, 5) is 52.4. The van der Waals surface area contributed by atoms with Crippen molar-refractivity contribution in [2.45, 2.75) is 17.1 Å². The summed E-state index contributed by atoms with van der Waals surface area (Å²) in [6.07, 6.45) is 1.57. The van der Waals surface area contributed by atoms with Gasteiger partial charge in [-0.3, -0.25) is 14.4 Å². The van der Waals surface area contributed by atoms with Crippen LogP contribution in [-0.4, -0.2) is 35.4 Å². The van der Waals surface area contributed by atoms with Crippen LogP contribution in [0.2, 0.25) is 0 Å². The van der Waals surface area contributed by atoms with Gasteiger partial charge in [-0.25, -0.2) is 4.79 Å². The average Bonchev–Trinajstić information content (AvgIpc) is 3.12. The van der Waals surface area contributed by atoms with Crippen LogP contribution in [-0.2, 0) is 9.59 Å². The number of nitrogens with one attached hydrogen (secondary N) is 3. The minimum Gasteiger partial charge on any atom is -0.493 e. The molecule has 0 fully saturated rings. The summed E-state index contributed by atoms with van der Waals surface area (Å²) in [6.45, 7) is 2.28. The molecule has 5 aromatic carbocycles. The Morgan fingerprint density at radius 3 is 2.10 bits per heavy atom. The van der Waals surface area contributed by atoms with Crippen molar-refractivity contribution in [3.8, 4) is 5.75 Å². The molecule has 4 N–H and O–H groups in total. The van der Waals surface area contributed by atoms with E-state index in [1.54, 1.807) is 78.9 Å². The normalized spacial score (nSPS) is 11.6. The van der Waals surface area contributed by atoms with Crippen molar-refractivity contribution >= 4 is 52.9 Å². The van der Waals surface area contributed by atoms with Crippen molar-refractivity contribution in [1.82, 2.24) is 5.32 Å². The monoisotopic (exact) mass is 671 g/mol. The Labute approximate surface area is 288 Å². The Morgan fingerprint density at radius 2 is 1.41 bits per heavy atom. The smallest absolute Gasteiger partial charge is 0.335 e. The lowest BCUT2D eigenvalue weighted by atomic mass is 10.1. The fraction of sp³-hybridized carbons (Fsp3) is 0.0769. The van der Waals surface area contributed by atoms with Gasteiger partial charge >= 0.3 is 5.97 Å². The number of carboxylic acids is 1. The largest absolute Gasteiger partial charge is 0.493 e. The standard InChI is InChI=1S/C39H33N3O6S/c1-2-48-34-19-10-9-16-29(34)24-33(42-36(43)27-14-7-4-8-15-27)37(44)41-31-17-11-18-32(25-31)49-35(26-12-5-3-6-13-26)38(45)40-30-22-20-28(21-23-30)39(46)47/h3-25,35H,2H2,1H3,(H,40,45)(H,41,44)(H,42,43)(H,46,47)/b33-24+. The first kappa shape index (κ1) is 34.2. The summed E-state index contributed by atoms with van der Waals surface area (Å²) in [5.74, 6) is -1.81. The number of hydrogen-bond donors (Lipinski definition) is 4. The number of rotatable bonds is 13. The zero-order valence-corrected chi connectivity index (χ0v) is 27.3. The first-order chi connectivity index (χ1) is 23.8.